The molecule has 2 rings (SSSR count). The lowest BCUT2D eigenvalue weighted by Crippen LogP contribution is -2.05. The third kappa shape index (κ3) is 3.31. The number of nitrogens with one attached hydrogen (secondary N) is 1. The van der Waals surface area contributed by atoms with Crippen molar-refractivity contribution in [2.75, 3.05) is 7.05 Å². The number of thiazole rings is 1. The van der Waals surface area contributed by atoms with Crippen LogP contribution in [0.15, 0.2) is 29.6 Å². The predicted molar refractivity (Wildman–Crippen MR) is 75.0 cm³/mol. The third-order valence-electron chi connectivity index (χ3n) is 2.66. The van der Waals surface area contributed by atoms with Crippen LogP contribution in [0.5, 0.6) is 5.75 Å². The van der Waals surface area contributed by atoms with E-state index in [4.69, 9.17) is 4.74 Å². The fraction of sp³-hybridized carbons (Fsp3) is 0.357. The van der Waals surface area contributed by atoms with Crippen LogP contribution >= 0.6 is 11.3 Å². The number of aromatic nitrogens is 1. The molecule has 1 aromatic heterocycles. The van der Waals surface area contributed by atoms with E-state index in [0.29, 0.717) is 6.61 Å². The molecule has 0 fully saturated rings. The Morgan fingerprint density at radius 2 is 2.17 bits per heavy atom. The van der Waals surface area contributed by atoms with Crippen molar-refractivity contribution in [2.45, 2.75) is 26.5 Å². The molecule has 1 aromatic carbocycles. The molecule has 0 aliphatic heterocycles. The number of rotatable bonds is 6. The molecule has 3 nitrogen and oxygen atoms in total. The SMILES string of the molecule is CCc1ccccc1OCc1csc(CNC)n1. The van der Waals surface area contributed by atoms with Crippen LogP contribution in [0.2, 0.25) is 0 Å². The molecule has 0 amide bonds. The second kappa shape index (κ2) is 6.52. The molecule has 2 aromatic rings. The maximum atomic E-state index is 5.83. The van der Waals surface area contributed by atoms with Crippen LogP contribution in [0.3, 0.4) is 0 Å². The Balaban J connectivity index is 1.97. The summed E-state index contributed by atoms with van der Waals surface area (Å²) in [5.74, 6) is 0.961. The van der Waals surface area contributed by atoms with Gasteiger partial charge in [-0.25, -0.2) is 4.98 Å². The summed E-state index contributed by atoms with van der Waals surface area (Å²) in [6, 6.07) is 8.16. The monoisotopic (exact) mass is 262 g/mol. The predicted octanol–water partition coefficient (Wildman–Crippen LogP) is 3.00. The minimum absolute atomic E-state index is 0.539. The Morgan fingerprint density at radius 1 is 1.33 bits per heavy atom. The second-order valence-corrected chi connectivity index (χ2v) is 4.96. The van der Waals surface area contributed by atoms with Crippen molar-refractivity contribution in [3.8, 4) is 5.75 Å². The summed E-state index contributed by atoms with van der Waals surface area (Å²) >= 11 is 1.67. The molecule has 0 spiro atoms. The zero-order valence-corrected chi connectivity index (χ0v) is 11.6. The van der Waals surface area contributed by atoms with Gasteiger partial charge in [0.1, 0.15) is 17.4 Å². The van der Waals surface area contributed by atoms with E-state index in [0.717, 1.165) is 29.4 Å². The number of hydrogen-bond donors (Lipinski definition) is 1. The van der Waals surface area contributed by atoms with Crippen LogP contribution in [0.1, 0.15) is 23.2 Å². The van der Waals surface area contributed by atoms with E-state index < -0.39 is 0 Å². The minimum Gasteiger partial charge on any atom is -0.487 e. The van der Waals surface area contributed by atoms with Crippen molar-refractivity contribution in [3.63, 3.8) is 0 Å². The Labute approximate surface area is 112 Å². The van der Waals surface area contributed by atoms with Crippen molar-refractivity contribution in [1.29, 1.82) is 0 Å². The molecule has 0 aliphatic rings. The Bertz CT molecular complexity index is 496. The van der Waals surface area contributed by atoms with Gasteiger partial charge in [0, 0.05) is 11.9 Å². The highest BCUT2D eigenvalue weighted by atomic mass is 32.1. The first-order valence-corrected chi connectivity index (χ1v) is 7.00. The van der Waals surface area contributed by atoms with Gasteiger partial charge in [0.15, 0.2) is 0 Å². The molecule has 0 saturated carbocycles. The molecule has 0 bridgehead atoms. The zero-order chi connectivity index (χ0) is 12.8. The lowest BCUT2D eigenvalue weighted by molar-refractivity contribution is 0.299. The molecular formula is C14H18N2OS. The van der Waals surface area contributed by atoms with Gasteiger partial charge in [-0.15, -0.1) is 11.3 Å². The van der Waals surface area contributed by atoms with Gasteiger partial charge in [-0.05, 0) is 25.1 Å². The molecule has 4 heteroatoms. The number of aryl methyl sites for hydroxylation is 1. The number of hydrogen-bond acceptors (Lipinski definition) is 4. The van der Waals surface area contributed by atoms with Crippen molar-refractivity contribution in [1.82, 2.24) is 10.3 Å². The standard InChI is InChI=1S/C14H18N2OS/c1-3-11-6-4-5-7-13(11)17-9-12-10-18-14(16-12)8-15-2/h4-7,10,15H,3,8-9H2,1-2H3. The van der Waals surface area contributed by atoms with Crippen LogP contribution in [-0.4, -0.2) is 12.0 Å². The Morgan fingerprint density at radius 3 is 2.94 bits per heavy atom. The number of ether oxygens (including phenoxy) is 1. The molecular weight excluding hydrogens is 244 g/mol. The van der Waals surface area contributed by atoms with Crippen LogP contribution in [-0.2, 0) is 19.6 Å². The molecule has 0 aliphatic carbocycles. The topological polar surface area (TPSA) is 34.1 Å². The van der Waals surface area contributed by atoms with Gasteiger partial charge in [-0.2, -0.15) is 0 Å². The first-order valence-electron chi connectivity index (χ1n) is 6.12. The highest BCUT2D eigenvalue weighted by molar-refractivity contribution is 7.09. The van der Waals surface area contributed by atoms with E-state index in [1.807, 2.05) is 25.2 Å². The van der Waals surface area contributed by atoms with Crippen LogP contribution < -0.4 is 10.1 Å². The summed E-state index contributed by atoms with van der Waals surface area (Å²) in [7, 11) is 1.93. The molecule has 18 heavy (non-hydrogen) atoms. The van der Waals surface area contributed by atoms with E-state index in [-0.39, 0.29) is 0 Å². The molecule has 0 atom stereocenters. The summed E-state index contributed by atoms with van der Waals surface area (Å²) in [6.07, 6.45) is 0.984. The summed E-state index contributed by atoms with van der Waals surface area (Å²) in [6.45, 7) is 3.49. The first-order chi connectivity index (χ1) is 8.83. The fourth-order valence-electron chi connectivity index (χ4n) is 1.74. The molecule has 96 valence electrons. The van der Waals surface area contributed by atoms with E-state index in [9.17, 15) is 0 Å². The molecule has 0 saturated heterocycles. The maximum Gasteiger partial charge on any atom is 0.131 e. The van der Waals surface area contributed by atoms with Gasteiger partial charge in [0.25, 0.3) is 0 Å². The molecule has 1 N–H and O–H groups in total. The van der Waals surface area contributed by atoms with Crippen LogP contribution in [0, 0.1) is 0 Å². The van der Waals surface area contributed by atoms with Crippen LogP contribution in [0.4, 0.5) is 0 Å². The highest BCUT2D eigenvalue weighted by Gasteiger charge is 2.04. The lowest BCUT2D eigenvalue weighted by atomic mass is 10.1. The molecule has 0 unspecified atom stereocenters. The Kier molecular flexibility index (Phi) is 4.73. The smallest absolute Gasteiger partial charge is 0.131 e. The van der Waals surface area contributed by atoms with E-state index in [1.165, 1.54) is 5.56 Å². The second-order valence-electron chi connectivity index (χ2n) is 4.01. The van der Waals surface area contributed by atoms with Gasteiger partial charge in [0.2, 0.25) is 0 Å². The van der Waals surface area contributed by atoms with E-state index in [2.05, 4.69) is 28.7 Å². The normalized spacial score (nSPS) is 10.6. The summed E-state index contributed by atoms with van der Waals surface area (Å²) < 4.78 is 5.83. The average Bonchev–Trinajstić information content (AvgIpc) is 2.85. The van der Waals surface area contributed by atoms with Gasteiger partial charge in [-0.3, -0.25) is 0 Å². The van der Waals surface area contributed by atoms with E-state index in [1.54, 1.807) is 11.3 Å². The number of benzene rings is 1. The number of para-hydroxylation sites is 1. The first kappa shape index (κ1) is 13.1. The minimum atomic E-state index is 0.539. The summed E-state index contributed by atoms with van der Waals surface area (Å²) in [4.78, 5) is 4.50. The highest BCUT2D eigenvalue weighted by Crippen LogP contribution is 2.20. The maximum absolute atomic E-state index is 5.83. The van der Waals surface area contributed by atoms with E-state index >= 15 is 0 Å². The third-order valence-corrected chi connectivity index (χ3v) is 3.55. The summed E-state index contributed by atoms with van der Waals surface area (Å²) in [5.41, 5.74) is 2.24. The quantitative estimate of drug-likeness (QED) is 0.869. The number of nitrogens with zero attached hydrogens (tertiary/aromatic N) is 1. The zero-order valence-electron chi connectivity index (χ0n) is 10.8. The average molecular weight is 262 g/mol. The van der Waals surface area contributed by atoms with Crippen molar-refractivity contribution in [2.24, 2.45) is 0 Å². The van der Waals surface area contributed by atoms with Crippen molar-refractivity contribution in [3.05, 3.63) is 45.9 Å². The van der Waals surface area contributed by atoms with Crippen molar-refractivity contribution < 1.29 is 4.74 Å². The van der Waals surface area contributed by atoms with Crippen LogP contribution in [0.25, 0.3) is 0 Å². The fourth-order valence-corrected chi connectivity index (χ4v) is 2.53. The Hall–Kier alpha value is -1.39. The largest absolute Gasteiger partial charge is 0.487 e. The van der Waals surface area contributed by atoms with Gasteiger partial charge in [-0.1, -0.05) is 25.1 Å². The molecule has 0 radical (unpaired) electrons. The lowest BCUT2D eigenvalue weighted by Gasteiger charge is -2.08. The summed E-state index contributed by atoms with van der Waals surface area (Å²) in [5, 5.41) is 6.25. The van der Waals surface area contributed by atoms with Gasteiger partial charge >= 0.3 is 0 Å². The van der Waals surface area contributed by atoms with Crippen molar-refractivity contribution >= 4 is 11.3 Å². The van der Waals surface area contributed by atoms with Gasteiger partial charge < -0.3 is 10.1 Å². The van der Waals surface area contributed by atoms with Gasteiger partial charge in [0.05, 0.1) is 5.69 Å². The molecule has 1 heterocycles.